The average molecular weight is 703 g/mol. The summed E-state index contributed by atoms with van der Waals surface area (Å²) in [6, 6.07) is 6.95. The first-order chi connectivity index (χ1) is 23.9. The van der Waals surface area contributed by atoms with E-state index in [4.69, 9.17) is 19.3 Å². The van der Waals surface area contributed by atoms with Gasteiger partial charge in [-0.3, -0.25) is 19.3 Å². The number of aliphatic hydroxyl groups is 2. The molecule has 2 rings (SSSR count). The molecule has 1 aromatic rings. The third kappa shape index (κ3) is 16.1. The second kappa shape index (κ2) is 25.0. The number of terminal acetylenes is 3. The van der Waals surface area contributed by atoms with Crippen molar-refractivity contribution in [1.82, 2.24) is 20.4 Å². The molecule has 5 atom stereocenters. The first-order valence-electron chi connectivity index (χ1n) is 16.9. The van der Waals surface area contributed by atoms with Crippen LogP contribution in [0.25, 0.3) is 0 Å². The molecule has 0 spiro atoms. The monoisotopic (exact) mass is 702 g/mol. The average Bonchev–Trinajstić information content (AvgIpc) is 3.12. The fourth-order valence-electron chi connectivity index (χ4n) is 5.85. The van der Waals surface area contributed by atoms with Crippen LogP contribution in [0.1, 0.15) is 63.4 Å². The fraction of sp³-hybridized carbons (Fsp3) is 0.605. The summed E-state index contributed by atoms with van der Waals surface area (Å²) in [5, 5.41) is 27.4. The number of carbonyl (C=O) groups excluding carboxylic acids is 3. The minimum atomic E-state index is -1.75. The van der Waals surface area contributed by atoms with Crippen LogP contribution in [0.3, 0.4) is 0 Å². The standard InChI is InChI=1S/C37H51FN4O5.CH2F2/c1-6-9-20-32(43)35(45)31(24-28-18-14-11-15-19-28)39-37(47)34(29(7-2)8-3)40-36(46)30(23-27-16-12-10-13-17-27)25-33(44)42(5)22-21-41(4)26-38;2-1-3/h1-3,10,12-13,16-17,28-32,34-35,43,45H,9,11,14-15,18-26H2,4-5H3,(H,39,47)(H,40,46);1H2/t30?,31?,32?,34-,35?;/m0./s1. The highest BCUT2D eigenvalue weighted by Crippen LogP contribution is 2.29. The number of nitrogens with one attached hydrogen (secondary N) is 2. The third-order valence-electron chi connectivity index (χ3n) is 8.87. The predicted molar refractivity (Wildman–Crippen MR) is 188 cm³/mol. The molecule has 0 saturated heterocycles. The number of hydrogen-bond donors (Lipinski definition) is 4. The van der Waals surface area contributed by atoms with E-state index in [9.17, 15) is 37.8 Å². The summed E-state index contributed by atoms with van der Waals surface area (Å²) in [4.78, 5) is 43.8. The highest BCUT2D eigenvalue weighted by atomic mass is 19.3. The molecular weight excluding hydrogens is 649 g/mol. The van der Waals surface area contributed by atoms with E-state index in [1.165, 1.54) is 9.80 Å². The van der Waals surface area contributed by atoms with E-state index >= 15 is 0 Å². The van der Waals surface area contributed by atoms with Crippen LogP contribution >= 0.6 is 0 Å². The fourth-order valence-corrected chi connectivity index (χ4v) is 5.85. The van der Waals surface area contributed by atoms with Crippen molar-refractivity contribution in [1.29, 1.82) is 0 Å². The van der Waals surface area contributed by atoms with Crippen molar-refractivity contribution in [2.75, 3.05) is 40.9 Å². The summed E-state index contributed by atoms with van der Waals surface area (Å²) in [5.74, 6) is 3.85. The SMILES string of the molecule is C#CCCC(O)C(O)C(CC1CCCCC1)NC(=O)[C@@H](NC(=O)C(CC(=O)N(C)CCN(C)CF)Cc1ccccc1)C(C#C)C#C.FCF. The number of nitrogens with zero attached hydrogens (tertiary/aromatic N) is 2. The molecule has 9 nitrogen and oxygen atoms in total. The quantitative estimate of drug-likeness (QED) is 0.130. The summed E-state index contributed by atoms with van der Waals surface area (Å²) in [7, 11) is 3.18. The predicted octanol–water partition coefficient (Wildman–Crippen LogP) is 3.39. The topological polar surface area (TPSA) is 122 Å². The van der Waals surface area contributed by atoms with Crippen molar-refractivity contribution in [2.45, 2.75) is 88.5 Å². The summed E-state index contributed by atoms with van der Waals surface area (Å²) < 4.78 is 32.2. The molecule has 50 heavy (non-hydrogen) atoms. The van der Waals surface area contributed by atoms with E-state index in [1.54, 1.807) is 14.1 Å². The number of hydrogen-bond acceptors (Lipinski definition) is 6. The molecule has 1 saturated carbocycles. The Bertz CT molecular complexity index is 1260. The van der Waals surface area contributed by atoms with Crippen LogP contribution in [-0.2, 0) is 20.8 Å². The lowest BCUT2D eigenvalue weighted by atomic mass is 9.82. The lowest BCUT2D eigenvalue weighted by Gasteiger charge is -2.33. The molecule has 0 aromatic heterocycles. The van der Waals surface area contributed by atoms with E-state index in [-0.39, 0.29) is 44.1 Å². The maximum absolute atomic E-state index is 13.9. The largest absolute Gasteiger partial charge is 0.390 e. The highest BCUT2D eigenvalue weighted by Gasteiger charge is 2.36. The van der Waals surface area contributed by atoms with Gasteiger partial charge in [0.2, 0.25) is 24.6 Å². The van der Waals surface area contributed by atoms with Gasteiger partial charge in [-0.25, -0.2) is 13.2 Å². The van der Waals surface area contributed by atoms with Crippen LogP contribution in [0.5, 0.6) is 0 Å². The minimum Gasteiger partial charge on any atom is -0.390 e. The zero-order chi connectivity index (χ0) is 37.5. The Labute approximate surface area is 295 Å². The van der Waals surface area contributed by atoms with Crippen molar-refractivity contribution in [3.8, 4) is 37.0 Å². The van der Waals surface area contributed by atoms with Gasteiger partial charge < -0.3 is 25.7 Å². The lowest BCUT2D eigenvalue weighted by molar-refractivity contribution is -0.137. The molecule has 1 aliphatic carbocycles. The van der Waals surface area contributed by atoms with E-state index < -0.39 is 61.7 Å². The van der Waals surface area contributed by atoms with Crippen LogP contribution in [-0.4, -0.2) is 103 Å². The molecule has 276 valence electrons. The Morgan fingerprint density at radius 1 is 0.940 bits per heavy atom. The van der Waals surface area contributed by atoms with Crippen molar-refractivity contribution in [2.24, 2.45) is 17.8 Å². The summed E-state index contributed by atoms with van der Waals surface area (Å²) in [5.41, 5.74) is 0.809. The number of alkyl halides is 3. The van der Waals surface area contributed by atoms with Crippen LogP contribution in [0.4, 0.5) is 13.2 Å². The second-order valence-corrected chi connectivity index (χ2v) is 12.7. The Balaban J connectivity index is 0.00000401. The van der Waals surface area contributed by atoms with Gasteiger partial charge in [-0.2, -0.15) is 0 Å². The first kappa shape index (κ1) is 44.0. The number of benzene rings is 1. The van der Waals surface area contributed by atoms with Crippen LogP contribution in [0, 0.1) is 54.8 Å². The van der Waals surface area contributed by atoms with Gasteiger partial charge in [-0.15, -0.1) is 25.2 Å². The van der Waals surface area contributed by atoms with Gasteiger partial charge in [0.25, 0.3) is 0 Å². The second-order valence-electron chi connectivity index (χ2n) is 12.7. The third-order valence-corrected chi connectivity index (χ3v) is 8.87. The number of likely N-dealkylation sites (N-methyl/N-ethyl adjacent to an activating group) is 2. The van der Waals surface area contributed by atoms with Gasteiger partial charge in [0, 0.05) is 33.0 Å². The van der Waals surface area contributed by atoms with Crippen LogP contribution in [0.2, 0.25) is 0 Å². The number of rotatable bonds is 19. The van der Waals surface area contributed by atoms with E-state index in [1.807, 2.05) is 30.3 Å². The normalized spacial score (nSPS) is 15.9. The van der Waals surface area contributed by atoms with Crippen molar-refractivity contribution < 1.29 is 37.8 Å². The molecular formula is C38H53F3N4O5. The minimum absolute atomic E-state index is 0.153. The van der Waals surface area contributed by atoms with Gasteiger partial charge in [-0.05, 0) is 37.8 Å². The first-order valence-corrected chi connectivity index (χ1v) is 16.9. The zero-order valence-corrected chi connectivity index (χ0v) is 29.2. The maximum Gasteiger partial charge on any atom is 0.245 e. The number of aliphatic hydroxyl groups excluding tert-OH is 2. The van der Waals surface area contributed by atoms with Gasteiger partial charge in [0.15, 0.2) is 0 Å². The Kier molecular flexibility index (Phi) is 22.0. The molecule has 0 aliphatic heterocycles. The maximum atomic E-state index is 13.9. The number of carbonyl (C=O) groups is 3. The van der Waals surface area contributed by atoms with Crippen LogP contribution < -0.4 is 10.6 Å². The van der Waals surface area contributed by atoms with Gasteiger partial charge >= 0.3 is 0 Å². The summed E-state index contributed by atoms with van der Waals surface area (Å²) >= 11 is 0. The Morgan fingerprint density at radius 2 is 1.56 bits per heavy atom. The molecule has 0 bridgehead atoms. The number of halogens is 3. The Morgan fingerprint density at radius 3 is 2.12 bits per heavy atom. The molecule has 0 radical (unpaired) electrons. The van der Waals surface area contributed by atoms with Gasteiger partial charge in [-0.1, -0.05) is 74.3 Å². The highest BCUT2D eigenvalue weighted by molar-refractivity contribution is 5.91. The zero-order valence-electron chi connectivity index (χ0n) is 29.2. The van der Waals surface area contributed by atoms with Crippen molar-refractivity contribution in [3.05, 3.63) is 35.9 Å². The molecule has 1 fully saturated rings. The lowest BCUT2D eigenvalue weighted by Crippen LogP contribution is -2.57. The van der Waals surface area contributed by atoms with Crippen molar-refractivity contribution >= 4 is 17.7 Å². The van der Waals surface area contributed by atoms with Gasteiger partial charge in [0.1, 0.15) is 24.9 Å². The smallest absolute Gasteiger partial charge is 0.245 e. The molecule has 1 aliphatic rings. The number of amides is 3. The van der Waals surface area contributed by atoms with E-state index in [2.05, 4.69) is 28.4 Å². The van der Waals surface area contributed by atoms with E-state index in [0.717, 1.165) is 37.7 Å². The van der Waals surface area contributed by atoms with Crippen molar-refractivity contribution in [3.63, 3.8) is 0 Å². The van der Waals surface area contributed by atoms with E-state index in [0.29, 0.717) is 13.0 Å². The molecule has 4 unspecified atom stereocenters. The molecule has 12 heteroatoms. The summed E-state index contributed by atoms with van der Waals surface area (Å²) in [6.45, 7) is -1.83. The Hall–Kier alpha value is -4.02. The van der Waals surface area contributed by atoms with Crippen LogP contribution in [0.15, 0.2) is 30.3 Å². The summed E-state index contributed by atoms with van der Waals surface area (Å²) in [6.07, 6.45) is 20.2. The molecule has 3 amide bonds. The van der Waals surface area contributed by atoms with Gasteiger partial charge in [0.05, 0.1) is 18.1 Å². The molecule has 1 aromatic carbocycles. The molecule has 4 N–H and O–H groups in total. The molecule has 0 heterocycles.